The highest BCUT2D eigenvalue weighted by molar-refractivity contribution is 5.91. The smallest absolute Gasteiger partial charge is 0.244 e. The van der Waals surface area contributed by atoms with Gasteiger partial charge in [-0.2, -0.15) is 0 Å². The van der Waals surface area contributed by atoms with Crippen molar-refractivity contribution in [1.82, 2.24) is 15.2 Å². The Bertz CT molecular complexity index is 466. The molecule has 1 aliphatic rings. The summed E-state index contributed by atoms with van der Waals surface area (Å²) in [5.41, 5.74) is 0.940. The van der Waals surface area contributed by atoms with Crippen LogP contribution in [-0.2, 0) is 4.79 Å². The maximum atomic E-state index is 11.7. The van der Waals surface area contributed by atoms with E-state index in [4.69, 9.17) is 0 Å². The first-order chi connectivity index (χ1) is 10.8. The largest absolute Gasteiger partial charge is 0.353 e. The Hall–Kier alpha value is -1.68. The van der Waals surface area contributed by atoms with E-state index in [2.05, 4.69) is 22.2 Å². The van der Waals surface area contributed by atoms with Crippen LogP contribution in [0.5, 0.6) is 0 Å². The van der Waals surface area contributed by atoms with Gasteiger partial charge in [-0.15, -0.1) is 0 Å². The molecular formula is C18H27N3O. The molecule has 1 fully saturated rings. The summed E-state index contributed by atoms with van der Waals surface area (Å²) in [5.74, 6) is -0.0378. The Balaban J connectivity index is 1.59. The van der Waals surface area contributed by atoms with Gasteiger partial charge in [-0.3, -0.25) is 9.78 Å². The summed E-state index contributed by atoms with van der Waals surface area (Å²) in [6.45, 7) is 1.78. The van der Waals surface area contributed by atoms with Crippen LogP contribution in [0.2, 0.25) is 0 Å². The number of aromatic nitrogens is 1. The lowest BCUT2D eigenvalue weighted by molar-refractivity contribution is -0.116. The van der Waals surface area contributed by atoms with E-state index >= 15 is 0 Å². The van der Waals surface area contributed by atoms with Crippen molar-refractivity contribution in [3.63, 3.8) is 0 Å². The van der Waals surface area contributed by atoms with Gasteiger partial charge in [0.15, 0.2) is 0 Å². The number of pyridine rings is 1. The van der Waals surface area contributed by atoms with E-state index in [1.165, 1.54) is 32.1 Å². The molecule has 1 aromatic rings. The van der Waals surface area contributed by atoms with Crippen molar-refractivity contribution >= 4 is 12.0 Å². The maximum Gasteiger partial charge on any atom is 0.244 e. The lowest BCUT2D eigenvalue weighted by atomic mass is 9.94. The molecule has 0 atom stereocenters. The van der Waals surface area contributed by atoms with Gasteiger partial charge in [-0.1, -0.05) is 25.3 Å². The molecule has 0 aromatic carbocycles. The number of hydrogen-bond acceptors (Lipinski definition) is 3. The molecule has 1 aromatic heterocycles. The summed E-state index contributed by atoms with van der Waals surface area (Å²) in [5, 5.41) is 2.94. The van der Waals surface area contributed by atoms with Crippen molar-refractivity contribution in [3.05, 3.63) is 36.2 Å². The summed E-state index contributed by atoms with van der Waals surface area (Å²) in [6, 6.07) is 4.53. The van der Waals surface area contributed by atoms with Gasteiger partial charge in [0.1, 0.15) is 0 Å². The minimum absolute atomic E-state index is 0.0378. The van der Waals surface area contributed by atoms with Crippen molar-refractivity contribution in [2.24, 2.45) is 0 Å². The Morgan fingerprint density at radius 2 is 2.23 bits per heavy atom. The van der Waals surface area contributed by atoms with Crippen LogP contribution in [0.3, 0.4) is 0 Å². The minimum Gasteiger partial charge on any atom is -0.353 e. The molecule has 4 heteroatoms. The number of carbonyl (C=O) groups is 1. The number of rotatable bonds is 7. The van der Waals surface area contributed by atoms with Gasteiger partial charge in [0.25, 0.3) is 0 Å². The van der Waals surface area contributed by atoms with Crippen LogP contribution in [0.15, 0.2) is 30.6 Å². The third kappa shape index (κ3) is 5.98. The van der Waals surface area contributed by atoms with Crippen molar-refractivity contribution < 1.29 is 4.79 Å². The summed E-state index contributed by atoms with van der Waals surface area (Å²) in [7, 11) is 2.21. The molecule has 0 unspecified atom stereocenters. The first-order valence-electron chi connectivity index (χ1n) is 8.32. The third-order valence-corrected chi connectivity index (χ3v) is 4.30. The summed E-state index contributed by atoms with van der Waals surface area (Å²) < 4.78 is 0. The number of hydrogen-bond donors (Lipinski definition) is 1. The second-order valence-corrected chi connectivity index (χ2v) is 6.04. The Labute approximate surface area is 133 Å². The first kappa shape index (κ1) is 16.7. The fourth-order valence-corrected chi connectivity index (χ4v) is 2.95. The SMILES string of the molecule is CN(CCCNC(=O)/C=C/c1cccnc1)C1CCCCC1. The van der Waals surface area contributed by atoms with E-state index in [1.54, 1.807) is 24.5 Å². The zero-order chi connectivity index (χ0) is 15.6. The van der Waals surface area contributed by atoms with Gasteiger partial charge in [0.2, 0.25) is 5.91 Å². The van der Waals surface area contributed by atoms with Crippen LogP contribution in [-0.4, -0.2) is 42.0 Å². The van der Waals surface area contributed by atoms with Crippen LogP contribution >= 0.6 is 0 Å². The normalized spacial score (nSPS) is 16.3. The Kier molecular flexibility index (Phi) is 7.10. The molecule has 2 rings (SSSR count). The molecule has 1 amide bonds. The van der Waals surface area contributed by atoms with Crippen molar-refractivity contribution in [2.75, 3.05) is 20.1 Å². The minimum atomic E-state index is -0.0378. The molecule has 1 heterocycles. The second-order valence-electron chi connectivity index (χ2n) is 6.04. The van der Waals surface area contributed by atoms with Gasteiger partial charge < -0.3 is 10.2 Å². The molecule has 0 bridgehead atoms. The van der Waals surface area contributed by atoms with Crippen LogP contribution < -0.4 is 5.32 Å². The van der Waals surface area contributed by atoms with Gasteiger partial charge in [0.05, 0.1) is 0 Å². The number of nitrogens with one attached hydrogen (secondary N) is 1. The number of amides is 1. The van der Waals surface area contributed by atoms with Gasteiger partial charge in [-0.05, 0) is 50.6 Å². The highest BCUT2D eigenvalue weighted by Crippen LogP contribution is 2.21. The Morgan fingerprint density at radius 1 is 1.41 bits per heavy atom. The Morgan fingerprint density at radius 3 is 2.95 bits per heavy atom. The molecular weight excluding hydrogens is 274 g/mol. The lowest BCUT2D eigenvalue weighted by Crippen LogP contribution is -2.35. The zero-order valence-electron chi connectivity index (χ0n) is 13.5. The van der Waals surface area contributed by atoms with E-state index in [0.717, 1.165) is 31.1 Å². The number of carbonyl (C=O) groups excluding carboxylic acids is 1. The molecule has 1 saturated carbocycles. The predicted molar refractivity (Wildman–Crippen MR) is 90.4 cm³/mol. The fraction of sp³-hybridized carbons (Fsp3) is 0.556. The van der Waals surface area contributed by atoms with Gasteiger partial charge in [-0.25, -0.2) is 0 Å². The summed E-state index contributed by atoms with van der Waals surface area (Å²) in [6.07, 6.45) is 14.6. The lowest BCUT2D eigenvalue weighted by Gasteiger charge is -2.31. The molecule has 1 N–H and O–H groups in total. The molecule has 4 nitrogen and oxygen atoms in total. The third-order valence-electron chi connectivity index (χ3n) is 4.30. The van der Waals surface area contributed by atoms with E-state index in [9.17, 15) is 4.79 Å². The molecule has 0 saturated heterocycles. The average molecular weight is 301 g/mol. The molecule has 0 spiro atoms. The molecule has 0 aliphatic heterocycles. The van der Waals surface area contributed by atoms with Crippen molar-refractivity contribution in [2.45, 2.75) is 44.6 Å². The average Bonchev–Trinajstić information content (AvgIpc) is 2.58. The zero-order valence-corrected chi connectivity index (χ0v) is 13.5. The van der Waals surface area contributed by atoms with Crippen molar-refractivity contribution in [1.29, 1.82) is 0 Å². The first-order valence-corrected chi connectivity index (χ1v) is 8.32. The van der Waals surface area contributed by atoms with E-state index < -0.39 is 0 Å². The topological polar surface area (TPSA) is 45.2 Å². The van der Waals surface area contributed by atoms with Crippen LogP contribution in [0.4, 0.5) is 0 Å². The van der Waals surface area contributed by atoms with Crippen LogP contribution in [0.1, 0.15) is 44.1 Å². The highest BCUT2D eigenvalue weighted by atomic mass is 16.1. The van der Waals surface area contributed by atoms with Crippen LogP contribution in [0.25, 0.3) is 6.08 Å². The van der Waals surface area contributed by atoms with E-state index in [0.29, 0.717) is 0 Å². The summed E-state index contributed by atoms with van der Waals surface area (Å²) >= 11 is 0. The van der Waals surface area contributed by atoms with E-state index in [1.807, 2.05) is 12.1 Å². The monoisotopic (exact) mass is 301 g/mol. The maximum absolute atomic E-state index is 11.7. The van der Waals surface area contributed by atoms with Gasteiger partial charge in [0, 0.05) is 31.1 Å². The van der Waals surface area contributed by atoms with E-state index in [-0.39, 0.29) is 5.91 Å². The standard InChI is InChI=1S/C18H27N3O/c1-21(17-8-3-2-4-9-17)14-6-13-20-18(22)11-10-16-7-5-12-19-15-16/h5,7,10-12,15,17H,2-4,6,8-9,13-14H2,1H3,(H,20,22)/b11-10+. The fourth-order valence-electron chi connectivity index (χ4n) is 2.95. The molecule has 0 radical (unpaired) electrons. The van der Waals surface area contributed by atoms with Crippen molar-refractivity contribution in [3.8, 4) is 0 Å². The number of nitrogens with zero attached hydrogens (tertiary/aromatic N) is 2. The molecule has 120 valence electrons. The quantitative estimate of drug-likeness (QED) is 0.622. The predicted octanol–water partition coefficient (Wildman–Crippen LogP) is 2.87. The van der Waals surface area contributed by atoms with Gasteiger partial charge >= 0.3 is 0 Å². The molecule has 1 aliphatic carbocycles. The van der Waals surface area contributed by atoms with Crippen LogP contribution in [0, 0.1) is 0 Å². The highest BCUT2D eigenvalue weighted by Gasteiger charge is 2.17. The second kappa shape index (κ2) is 9.36. The summed E-state index contributed by atoms with van der Waals surface area (Å²) in [4.78, 5) is 18.2. The molecule has 22 heavy (non-hydrogen) atoms.